The van der Waals surface area contributed by atoms with Crippen molar-refractivity contribution < 1.29 is 4.39 Å². The molecule has 0 atom stereocenters. The molecular formula is C16H15FN2S2. The monoisotopic (exact) mass is 318 g/mol. The van der Waals surface area contributed by atoms with Gasteiger partial charge in [-0.25, -0.2) is 9.37 Å². The van der Waals surface area contributed by atoms with Gasteiger partial charge in [0.15, 0.2) is 0 Å². The smallest absolute Gasteiger partial charge is 0.126 e. The summed E-state index contributed by atoms with van der Waals surface area (Å²) in [6, 6.07) is 9.02. The third-order valence-corrected chi connectivity index (χ3v) is 4.89. The van der Waals surface area contributed by atoms with Gasteiger partial charge in [-0.1, -0.05) is 18.2 Å². The number of nitrogens with one attached hydrogen (secondary N) is 1. The Kier molecular flexibility index (Phi) is 4.75. The van der Waals surface area contributed by atoms with Crippen molar-refractivity contribution in [3.05, 3.63) is 63.7 Å². The highest BCUT2D eigenvalue weighted by molar-refractivity contribution is 7.15. The Morgan fingerprint density at radius 3 is 2.90 bits per heavy atom. The minimum atomic E-state index is -0.131. The van der Waals surface area contributed by atoms with Crippen LogP contribution in [0.4, 0.5) is 4.39 Å². The van der Waals surface area contributed by atoms with Gasteiger partial charge in [0.05, 0.1) is 4.88 Å². The Balaban J connectivity index is 1.49. The van der Waals surface area contributed by atoms with Crippen LogP contribution in [0.2, 0.25) is 0 Å². The number of halogens is 1. The summed E-state index contributed by atoms with van der Waals surface area (Å²) in [6.45, 7) is 1.47. The first-order chi connectivity index (χ1) is 10.3. The lowest BCUT2D eigenvalue weighted by Crippen LogP contribution is -2.16. The van der Waals surface area contributed by atoms with Crippen LogP contribution in [0.1, 0.15) is 10.6 Å². The maximum atomic E-state index is 13.5. The highest BCUT2D eigenvalue weighted by atomic mass is 32.1. The Bertz CT molecular complexity index is 692. The van der Waals surface area contributed by atoms with Crippen molar-refractivity contribution in [3.63, 3.8) is 0 Å². The summed E-state index contributed by atoms with van der Waals surface area (Å²) in [6.07, 6.45) is 2.61. The van der Waals surface area contributed by atoms with Crippen LogP contribution in [-0.4, -0.2) is 11.5 Å². The normalized spacial score (nSPS) is 10.9. The minimum Gasteiger partial charge on any atom is -0.310 e. The van der Waals surface area contributed by atoms with E-state index in [1.165, 1.54) is 16.5 Å². The molecule has 2 heterocycles. The van der Waals surface area contributed by atoms with Gasteiger partial charge in [-0.2, -0.15) is 11.3 Å². The van der Waals surface area contributed by atoms with E-state index >= 15 is 0 Å². The average molecular weight is 318 g/mol. The summed E-state index contributed by atoms with van der Waals surface area (Å²) in [5.41, 5.74) is 1.98. The molecule has 0 aliphatic heterocycles. The van der Waals surface area contributed by atoms with Crippen molar-refractivity contribution in [1.29, 1.82) is 0 Å². The van der Waals surface area contributed by atoms with Crippen LogP contribution >= 0.6 is 22.7 Å². The van der Waals surface area contributed by atoms with Gasteiger partial charge in [0.2, 0.25) is 0 Å². The molecule has 0 amide bonds. The molecule has 0 radical (unpaired) electrons. The molecule has 0 saturated carbocycles. The van der Waals surface area contributed by atoms with Gasteiger partial charge < -0.3 is 5.32 Å². The van der Waals surface area contributed by atoms with Crippen LogP contribution in [0.25, 0.3) is 10.4 Å². The van der Waals surface area contributed by atoms with Crippen molar-refractivity contribution in [3.8, 4) is 10.4 Å². The first-order valence-electron chi connectivity index (χ1n) is 6.74. The molecule has 1 N–H and O–H groups in total. The van der Waals surface area contributed by atoms with Crippen LogP contribution in [-0.2, 0) is 13.0 Å². The third-order valence-electron chi connectivity index (χ3n) is 3.16. The van der Waals surface area contributed by atoms with E-state index in [0.29, 0.717) is 6.42 Å². The van der Waals surface area contributed by atoms with Crippen LogP contribution < -0.4 is 5.32 Å². The molecule has 3 aromatic rings. The Hall–Kier alpha value is -1.56. The molecule has 21 heavy (non-hydrogen) atoms. The van der Waals surface area contributed by atoms with Crippen LogP contribution in [0.5, 0.6) is 0 Å². The first-order valence-corrected chi connectivity index (χ1v) is 8.50. The fraction of sp³-hybridized carbons (Fsp3) is 0.188. The number of thiazole rings is 1. The second-order valence-electron chi connectivity index (χ2n) is 4.65. The van der Waals surface area contributed by atoms with Gasteiger partial charge in [-0.05, 0) is 41.4 Å². The molecule has 0 aliphatic carbocycles. The number of hydrogen-bond acceptors (Lipinski definition) is 4. The molecule has 2 aromatic heterocycles. The van der Waals surface area contributed by atoms with Gasteiger partial charge in [-0.3, -0.25) is 0 Å². The highest BCUT2D eigenvalue weighted by Crippen LogP contribution is 2.27. The lowest BCUT2D eigenvalue weighted by atomic mass is 10.1. The SMILES string of the molecule is Fc1ccccc1CCNCc1ncc(-c2ccsc2)s1. The Morgan fingerprint density at radius 2 is 2.10 bits per heavy atom. The topological polar surface area (TPSA) is 24.9 Å². The predicted octanol–water partition coefficient (Wildman–Crippen LogP) is 4.34. The van der Waals surface area contributed by atoms with E-state index in [2.05, 4.69) is 27.1 Å². The van der Waals surface area contributed by atoms with Gasteiger partial charge in [0.25, 0.3) is 0 Å². The molecular weight excluding hydrogens is 303 g/mol. The fourth-order valence-electron chi connectivity index (χ4n) is 2.05. The molecule has 0 aliphatic rings. The molecule has 0 bridgehead atoms. The van der Waals surface area contributed by atoms with E-state index in [0.717, 1.165) is 23.7 Å². The van der Waals surface area contributed by atoms with Crippen LogP contribution in [0.3, 0.4) is 0 Å². The van der Waals surface area contributed by atoms with Gasteiger partial charge in [0.1, 0.15) is 10.8 Å². The first kappa shape index (κ1) is 14.4. The molecule has 0 spiro atoms. The zero-order chi connectivity index (χ0) is 14.5. The van der Waals surface area contributed by atoms with Crippen molar-refractivity contribution in [1.82, 2.24) is 10.3 Å². The second kappa shape index (κ2) is 6.93. The van der Waals surface area contributed by atoms with Crippen LogP contribution in [0, 0.1) is 5.82 Å². The van der Waals surface area contributed by atoms with E-state index in [-0.39, 0.29) is 5.82 Å². The molecule has 2 nitrogen and oxygen atoms in total. The summed E-state index contributed by atoms with van der Waals surface area (Å²) < 4.78 is 13.5. The van der Waals surface area contributed by atoms with Crippen molar-refractivity contribution in [2.45, 2.75) is 13.0 Å². The van der Waals surface area contributed by atoms with Gasteiger partial charge in [0, 0.05) is 18.3 Å². The number of nitrogens with zero attached hydrogens (tertiary/aromatic N) is 1. The number of thiophene rings is 1. The van der Waals surface area contributed by atoms with Crippen molar-refractivity contribution >= 4 is 22.7 Å². The van der Waals surface area contributed by atoms with E-state index < -0.39 is 0 Å². The lowest BCUT2D eigenvalue weighted by Gasteiger charge is -2.04. The standard InChI is InChI=1S/C16H15FN2S2/c17-14-4-2-1-3-12(14)5-7-18-10-16-19-9-15(21-16)13-6-8-20-11-13/h1-4,6,8-9,11,18H,5,7,10H2. The van der Waals surface area contributed by atoms with Gasteiger partial charge in [-0.15, -0.1) is 11.3 Å². The summed E-state index contributed by atoms with van der Waals surface area (Å²) in [4.78, 5) is 5.62. The fourth-order valence-corrected chi connectivity index (χ4v) is 3.66. The number of aromatic nitrogens is 1. The number of hydrogen-bond donors (Lipinski definition) is 1. The average Bonchev–Trinajstić information content (AvgIpc) is 3.16. The van der Waals surface area contributed by atoms with Gasteiger partial charge >= 0.3 is 0 Å². The predicted molar refractivity (Wildman–Crippen MR) is 87.2 cm³/mol. The largest absolute Gasteiger partial charge is 0.310 e. The number of rotatable bonds is 6. The summed E-state index contributed by atoms with van der Waals surface area (Å²) in [7, 11) is 0. The molecule has 0 unspecified atom stereocenters. The van der Waals surface area contributed by atoms with Crippen LogP contribution in [0.15, 0.2) is 47.3 Å². The summed E-state index contributed by atoms with van der Waals surface area (Å²) in [5.74, 6) is -0.131. The number of benzene rings is 1. The van der Waals surface area contributed by atoms with Crippen molar-refractivity contribution in [2.24, 2.45) is 0 Å². The maximum Gasteiger partial charge on any atom is 0.126 e. The zero-order valence-corrected chi connectivity index (χ0v) is 13.0. The Morgan fingerprint density at radius 1 is 1.19 bits per heavy atom. The minimum absolute atomic E-state index is 0.131. The molecule has 108 valence electrons. The van der Waals surface area contributed by atoms with E-state index in [4.69, 9.17) is 0 Å². The lowest BCUT2D eigenvalue weighted by molar-refractivity contribution is 0.597. The third kappa shape index (κ3) is 3.75. The highest BCUT2D eigenvalue weighted by Gasteiger charge is 2.05. The van der Waals surface area contributed by atoms with E-state index in [1.54, 1.807) is 28.7 Å². The summed E-state index contributed by atoms with van der Waals surface area (Å²) >= 11 is 3.39. The molecule has 3 rings (SSSR count). The molecule has 0 saturated heterocycles. The van der Waals surface area contributed by atoms with E-state index in [1.807, 2.05) is 18.3 Å². The molecule has 1 aromatic carbocycles. The maximum absolute atomic E-state index is 13.5. The van der Waals surface area contributed by atoms with E-state index in [9.17, 15) is 4.39 Å². The van der Waals surface area contributed by atoms with Crippen molar-refractivity contribution in [2.75, 3.05) is 6.54 Å². The molecule has 0 fully saturated rings. The quantitative estimate of drug-likeness (QED) is 0.684. The zero-order valence-electron chi connectivity index (χ0n) is 11.4. The second-order valence-corrected chi connectivity index (χ2v) is 6.54. The Labute approximate surface area is 131 Å². The molecule has 5 heteroatoms. The summed E-state index contributed by atoms with van der Waals surface area (Å²) in [5, 5.41) is 8.58.